The van der Waals surface area contributed by atoms with Crippen LogP contribution in [0.3, 0.4) is 0 Å². The molecule has 0 amide bonds. The number of ether oxygens (including phenoxy) is 1. The first-order valence-electron chi connectivity index (χ1n) is 10.1. The van der Waals surface area contributed by atoms with E-state index in [1.165, 1.54) is 12.2 Å². The monoisotopic (exact) mass is 400 g/mol. The van der Waals surface area contributed by atoms with Crippen molar-refractivity contribution in [3.05, 3.63) is 60.3 Å². The van der Waals surface area contributed by atoms with Crippen molar-refractivity contribution in [2.24, 2.45) is 17.3 Å². The number of allylic oxidation sites excluding steroid dienone is 5. The minimum Gasteiger partial charge on any atom is -0.455 e. The van der Waals surface area contributed by atoms with Crippen molar-refractivity contribution in [2.45, 2.75) is 52.2 Å². The van der Waals surface area contributed by atoms with Crippen molar-refractivity contribution < 1.29 is 24.5 Å². The molecule has 0 spiro atoms. The zero-order valence-electron chi connectivity index (χ0n) is 17.7. The smallest absolute Gasteiger partial charge is 0.331 e. The third-order valence-corrected chi connectivity index (χ3v) is 6.39. The zero-order chi connectivity index (χ0) is 21.8. The zero-order valence-corrected chi connectivity index (χ0v) is 17.7. The van der Waals surface area contributed by atoms with Gasteiger partial charge in [-0.05, 0) is 35.6 Å². The van der Waals surface area contributed by atoms with Crippen molar-refractivity contribution in [2.75, 3.05) is 6.61 Å². The lowest BCUT2D eigenvalue weighted by Gasteiger charge is -2.49. The highest BCUT2D eigenvalue weighted by Gasteiger charge is 2.53. The van der Waals surface area contributed by atoms with Gasteiger partial charge in [-0.15, -0.1) is 0 Å². The van der Waals surface area contributed by atoms with E-state index >= 15 is 0 Å². The second kappa shape index (κ2) is 9.06. The van der Waals surface area contributed by atoms with Crippen molar-refractivity contribution in [1.29, 1.82) is 0 Å². The Labute approximate surface area is 173 Å². The van der Waals surface area contributed by atoms with E-state index in [0.717, 1.165) is 12.0 Å². The predicted octanol–water partition coefficient (Wildman–Crippen LogP) is 3.45. The normalized spacial score (nSPS) is 32.9. The summed E-state index contributed by atoms with van der Waals surface area (Å²) < 4.78 is 5.62. The van der Waals surface area contributed by atoms with Gasteiger partial charge < -0.3 is 14.9 Å². The van der Waals surface area contributed by atoms with E-state index in [2.05, 4.69) is 20.4 Å². The first-order valence-corrected chi connectivity index (χ1v) is 10.1. The lowest BCUT2D eigenvalue weighted by Crippen LogP contribution is -2.53. The summed E-state index contributed by atoms with van der Waals surface area (Å²) in [5.74, 6) is -0.660. The Bertz CT molecular complexity index is 787. The molecule has 5 nitrogen and oxygen atoms in total. The fraction of sp³-hybridized carbons (Fsp3) is 0.500. The summed E-state index contributed by atoms with van der Waals surface area (Å²) in [6, 6.07) is 0. The summed E-state index contributed by atoms with van der Waals surface area (Å²) in [6.07, 6.45) is 12.5. The number of aliphatic hydroxyl groups is 2. The molecule has 0 heterocycles. The molecule has 0 saturated heterocycles. The predicted molar refractivity (Wildman–Crippen MR) is 113 cm³/mol. The van der Waals surface area contributed by atoms with E-state index in [0.29, 0.717) is 5.92 Å². The Kier molecular flexibility index (Phi) is 7.20. The SMILES string of the molecule is C=C(CO)[C@]1(O)C[C@@]2(C)C(=CC1=O)C=C[C@H](OC(=O)/C=C/C=C/[C@H](C)CC)[C@@H]2C. The largest absolute Gasteiger partial charge is 0.455 e. The van der Waals surface area contributed by atoms with Gasteiger partial charge in [0.15, 0.2) is 11.4 Å². The van der Waals surface area contributed by atoms with Gasteiger partial charge in [0.2, 0.25) is 0 Å². The summed E-state index contributed by atoms with van der Waals surface area (Å²) in [6.45, 7) is 11.3. The van der Waals surface area contributed by atoms with Crippen LogP contribution >= 0.6 is 0 Å². The fourth-order valence-corrected chi connectivity index (χ4v) is 3.81. The molecule has 5 atom stereocenters. The number of hydrogen-bond donors (Lipinski definition) is 2. The Morgan fingerprint density at radius 1 is 1.45 bits per heavy atom. The Balaban J connectivity index is 2.17. The first-order chi connectivity index (χ1) is 13.6. The number of hydrogen-bond acceptors (Lipinski definition) is 5. The molecule has 2 aliphatic carbocycles. The average Bonchev–Trinajstić information content (AvgIpc) is 2.69. The lowest BCUT2D eigenvalue weighted by atomic mass is 9.57. The lowest BCUT2D eigenvalue weighted by molar-refractivity contribution is -0.147. The molecule has 0 aromatic carbocycles. The molecule has 0 radical (unpaired) electrons. The summed E-state index contributed by atoms with van der Waals surface area (Å²) in [5, 5.41) is 20.3. The van der Waals surface area contributed by atoms with E-state index in [9.17, 15) is 19.8 Å². The van der Waals surface area contributed by atoms with Gasteiger partial charge in [-0.2, -0.15) is 0 Å². The maximum absolute atomic E-state index is 12.5. The molecule has 0 unspecified atom stereocenters. The molecule has 0 aromatic heterocycles. The quantitative estimate of drug-likeness (QED) is 0.296. The van der Waals surface area contributed by atoms with E-state index < -0.39 is 35.5 Å². The minimum atomic E-state index is -1.82. The van der Waals surface area contributed by atoms with Crippen LogP contribution in [-0.2, 0) is 14.3 Å². The second-order valence-corrected chi connectivity index (χ2v) is 8.36. The van der Waals surface area contributed by atoms with Crippen molar-refractivity contribution in [3.8, 4) is 0 Å². The van der Waals surface area contributed by atoms with Crippen LogP contribution in [0.5, 0.6) is 0 Å². The number of esters is 1. The van der Waals surface area contributed by atoms with Crippen LogP contribution in [0.4, 0.5) is 0 Å². The summed E-state index contributed by atoms with van der Waals surface area (Å²) in [7, 11) is 0. The molecule has 2 aliphatic rings. The van der Waals surface area contributed by atoms with Crippen LogP contribution in [0.2, 0.25) is 0 Å². The Morgan fingerprint density at radius 2 is 2.14 bits per heavy atom. The Hall–Kier alpha value is -2.24. The van der Waals surface area contributed by atoms with Gasteiger partial charge in [-0.3, -0.25) is 4.79 Å². The number of ketones is 1. The average molecular weight is 401 g/mol. The summed E-state index contributed by atoms with van der Waals surface area (Å²) in [5.41, 5.74) is -1.57. The van der Waals surface area contributed by atoms with E-state index in [4.69, 9.17) is 4.74 Å². The number of rotatable bonds is 7. The molecule has 2 N–H and O–H groups in total. The van der Waals surface area contributed by atoms with Crippen LogP contribution < -0.4 is 0 Å². The molecule has 0 aromatic rings. The summed E-state index contributed by atoms with van der Waals surface area (Å²) in [4.78, 5) is 24.7. The van der Waals surface area contributed by atoms with E-state index in [-0.39, 0.29) is 17.9 Å². The molecule has 0 aliphatic heterocycles. The van der Waals surface area contributed by atoms with Crippen LogP contribution in [0, 0.1) is 17.3 Å². The second-order valence-electron chi connectivity index (χ2n) is 8.36. The maximum Gasteiger partial charge on any atom is 0.331 e. The van der Waals surface area contributed by atoms with Crippen LogP contribution in [-0.4, -0.2) is 40.3 Å². The maximum atomic E-state index is 12.5. The highest BCUT2D eigenvalue weighted by Crippen LogP contribution is 2.51. The molecule has 158 valence electrons. The Morgan fingerprint density at radius 3 is 2.76 bits per heavy atom. The van der Waals surface area contributed by atoms with Crippen LogP contribution in [0.1, 0.15) is 40.5 Å². The van der Waals surface area contributed by atoms with Gasteiger partial charge in [0.1, 0.15) is 6.10 Å². The topological polar surface area (TPSA) is 83.8 Å². The molecular formula is C24H32O5. The van der Waals surface area contributed by atoms with Gasteiger partial charge in [-0.25, -0.2) is 4.79 Å². The standard InChI is InChI=1S/C24H32O5/c1-6-16(2)9-7-8-10-22(27)29-20-12-11-19-13-21(26)24(28,17(3)14-25)15-23(19,5)18(20)4/h7-13,16,18,20,25,28H,3,6,14-15H2,1-2,4-5H3/b9-7+,10-8+/t16-,18+,20+,23-,24-/m1/s1. The van der Waals surface area contributed by atoms with Crippen molar-refractivity contribution in [1.82, 2.24) is 0 Å². The highest BCUT2D eigenvalue weighted by molar-refractivity contribution is 6.01. The molecule has 5 heteroatoms. The van der Waals surface area contributed by atoms with Crippen molar-refractivity contribution >= 4 is 11.8 Å². The summed E-state index contributed by atoms with van der Waals surface area (Å²) >= 11 is 0. The van der Waals surface area contributed by atoms with Gasteiger partial charge in [0, 0.05) is 17.4 Å². The third-order valence-electron chi connectivity index (χ3n) is 6.39. The van der Waals surface area contributed by atoms with Crippen LogP contribution in [0.25, 0.3) is 0 Å². The number of fused-ring (bicyclic) bond motifs is 1. The minimum absolute atomic E-state index is 0.0744. The van der Waals surface area contributed by atoms with Gasteiger partial charge in [0.25, 0.3) is 0 Å². The number of aliphatic hydroxyl groups excluding tert-OH is 1. The van der Waals surface area contributed by atoms with E-state index in [1.54, 1.807) is 18.2 Å². The first kappa shape index (κ1) is 23.0. The third kappa shape index (κ3) is 4.68. The number of carbonyl (C=O) groups is 2. The van der Waals surface area contributed by atoms with E-state index in [1.807, 2.05) is 26.0 Å². The van der Waals surface area contributed by atoms with Crippen molar-refractivity contribution in [3.63, 3.8) is 0 Å². The molecule has 0 fully saturated rings. The van der Waals surface area contributed by atoms with Gasteiger partial charge in [-0.1, -0.05) is 65.0 Å². The fourth-order valence-electron chi connectivity index (χ4n) is 3.81. The van der Waals surface area contributed by atoms with Gasteiger partial charge >= 0.3 is 5.97 Å². The molecule has 29 heavy (non-hydrogen) atoms. The molecular weight excluding hydrogens is 368 g/mol. The van der Waals surface area contributed by atoms with Gasteiger partial charge in [0.05, 0.1) is 6.61 Å². The van der Waals surface area contributed by atoms with Crippen LogP contribution in [0.15, 0.2) is 60.3 Å². The molecule has 0 bridgehead atoms. The number of carbonyl (C=O) groups excluding carboxylic acids is 2. The molecule has 0 saturated carbocycles. The highest BCUT2D eigenvalue weighted by atomic mass is 16.5. The molecule has 2 rings (SSSR count).